The minimum atomic E-state index is -3.87. The molecule has 11 heteroatoms. The molecule has 9 nitrogen and oxygen atoms in total. The first kappa shape index (κ1) is 23.0. The van der Waals surface area contributed by atoms with Gasteiger partial charge in [0, 0.05) is 24.7 Å². The Balaban J connectivity index is 1.56. The SMILES string of the molecule is O=C(NCCNc1ccccc1[N+](=O)[O-])c1ccc(S(=O)(=O)Nc2ccccc2Cl)cc1. The van der Waals surface area contributed by atoms with Crippen molar-refractivity contribution in [2.24, 2.45) is 0 Å². The number of para-hydroxylation sites is 3. The number of halogens is 1. The maximum absolute atomic E-state index is 12.5. The van der Waals surface area contributed by atoms with Gasteiger partial charge in [-0.15, -0.1) is 0 Å². The lowest BCUT2D eigenvalue weighted by Gasteiger charge is -2.11. The van der Waals surface area contributed by atoms with E-state index in [2.05, 4.69) is 15.4 Å². The zero-order valence-electron chi connectivity index (χ0n) is 16.6. The van der Waals surface area contributed by atoms with Gasteiger partial charge in [-0.05, 0) is 42.5 Å². The molecule has 0 radical (unpaired) electrons. The smallest absolute Gasteiger partial charge is 0.292 e. The van der Waals surface area contributed by atoms with Crippen molar-refractivity contribution in [3.63, 3.8) is 0 Å². The van der Waals surface area contributed by atoms with Crippen molar-refractivity contribution in [2.45, 2.75) is 4.90 Å². The highest BCUT2D eigenvalue weighted by atomic mass is 35.5. The molecular formula is C21H19ClN4O5S. The van der Waals surface area contributed by atoms with Crippen molar-refractivity contribution < 1.29 is 18.1 Å². The average molecular weight is 475 g/mol. The number of nitrogens with zero attached hydrogens (tertiary/aromatic N) is 1. The van der Waals surface area contributed by atoms with E-state index in [1.807, 2.05) is 0 Å². The Morgan fingerprint density at radius 3 is 2.19 bits per heavy atom. The predicted molar refractivity (Wildman–Crippen MR) is 123 cm³/mol. The molecular weight excluding hydrogens is 456 g/mol. The van der Waals surface area contributed by atoms with Gasteiger partial charge in [0.05, 0.1) is 20.5 Å². The van der Waals surface area contributed by atoms with E-state index in [0.29, 0.717) is 5.69 Å². The quantitative estimate of drug-likeness (QED) is 0.245. The van der Waals surface area contributed by atoms with Crippen molar-refractivity contribution in [1.29, 1.82) is 0 Å². The van der Waals surface area contributed by atoms with Crippen LogP contribution in [-0.2, 0) is 10.0 Å². The number of amides is 1. The third-order valence-corrected chi connectivity index (χ3v) is 6.08. The molecule has 0 aliphatic carbocycles. The average Bonchev–Trinajstić information content (AvgIpc) is 2.78. The van der Waals surface area contributed by atoms with Gasteiger partial charge in [-0.2, -0.15) is 0 Å². The second-order valence-electron chi connectivity index (χ2n) is 6.57. The third-order valence-electron chi connectivity index (χ3n) is 4.37. The molecule has 0 spiro atoms. The van der Waals surface area contributed by atoms with Gasteiger partial charge < -0.3 is 10.6 Å². The Labute approximate surface area is 189 Å². The Kier molecular flexibility index (Phi) is 7.29. The van der Waals surface area contributed by atoms with Crippen LogP contribution in [0.3, 0.4) is 0 Å². The number of sulfonamides is 1. The predicted octanol–water partition coefficient (Wildman–Crippen LogP) is 3.89. The second kappa shape index (κ2) is 10.1. The van der Waals surface area contributed by atoms with Crippen molar-refractivity contribution in [3.05, 3.63) is 93.5 Å². The maximum Gasteiger partial charge on any atom is 0.292 e. The van der Waals surface area contributed by atoms with E-state index < -0.39 is 20.9 Å². The maximum atomic E-state index is 12.5. The highest BCUT2D eigenvalue weighted by molar-refractivity contribution is 7.92. The van der Waals surface area contributed by atoms with Gasteiger partial charge in [0.25, 0.3) is 21.6 Å². The third kappa shape index (κ3) is 5.74. The summed E-state index contributed by atoms with van der Waals surface area (Å²) in [5.41, 5.74) is 0.822. The standard InChI is InChI=1S/C21H19ClN4O5S/c22-17-5-1-2-6-18(17)25-32(30,31)16-11-9-15(10-12-16)21(27)24-14-13-23-19-7-3-4-8-20(19)26(28)29/h1-12,23,25H,13-14H2,(H,24,27). The number of nitro groups is 1. The van der Waals surface area contributed by atoms with Gasteiger partial charge in [0.15, 0.2) is 0 Å². The highest BCUT2D eigenvalue weighted by Crippen LogP contribution is 2.24. The summed E-state index contributed by atoms with van der Waals surface area (Å²) in [6.07, 6.45) is 0. The summed E-state index contributed by atoms with van der Waals surface area (Å²) in [5.74, 6) is -0.405. The van der Waals surface area contributed by atoms with E-state index in [1.165, 1.54) is 30.3 Å². The molecule has 0 saturated carbocycles. The lowest BCUT2D eigenvalue weighted by Crippen LogP contribution is -2.28. The first-order chi connectivity index (χ1) is 15.3. The Morgan fingerprint density at radius 2 is 1.53 bits per heavy atom. The molecule has 166 valence electrons. The molecule has 0 fully saturated rings. The van der Waals surface area contributed by atoms with Crippen LogP contribution >= 0.6 is 11.6 Å². The number of carbonyl (C=O) groups excluding carboxylic acids is 1. The Hall–Kier alpha value is -3.63. The van der Waals surface area contributed by atoms with Crippen LogP contribution < -0.4 is 15.4 Å². The van der Waals surface area contributed by atoms with Gasteiger partial charge in [-0.25, -0.2) is 8.42 Å². The van der Waals surface area contributed by atoms with Gasteiger partial charge >= 0.3 is 0 Å². The van der Waals surface area contributed by atoms with Crippen molar-refractivity contribution >= 4 is 44.6 Å². The number of benzene rings is 3. The Morgan fingerprint density at radius 1 is 0.906 bits per heavy atom. The van der Waals surface area contributed by atoms with E-state index in [1.54, 1.807) is 42.5 Å². The molecule has 3 aromatic carbocycles. The summed E-state index contributed by atoms with van der Waals surface area (Å²) < 4.78 is 27.5. The summed E-state index contributed by atoms with van der Waals surface area (Å²) >= 11 is 5.99. The van der Waals surface area contributed by atoms with E-state index >= 15 is 0 Å². The molecule has 0 aliphatic rings. The first-order valence-electron chi connectivity index (χ1n) is 9.41. The van der Waals surface area contributed by atoms with Crippen LogP contribution in [0.25, 0.3) is 0 Å². The van der Waals surface area contributed by atoms with Crippen LogP contribution in [0.15, 0.2) is 77.7 Å². The monoisotopic (exact) mass is 474 g/mol. The fraction of sp³-hybridized carbons (Fsp3) is 0.0952. The first-order valence-corrected chi connectivity index (χ1v) is 11.3. The molecule has 0 saturated heterocycles. The van der Waals surface area contributed by atoms with E-state index in [9.17, 15) is 23.3 Å². The number of carbonyl (C=O) groups is 1. The van der Waals surface area contributed by atoms with Crippen molar-refractivity contribution in [2.75, 3.05) is 23.1 Å². The van der Waals surface area contributed by atoms with Gasteiger partial charge in [-0.1, -0.05) is 35.9 Å². The normalized spacial score (nSPS) is 10.9. The molecule has 3 rings (SSSR count). The summed E-state index contributed by atoms with van der Waals surface area (Å²) in [6, 6.07) is 18.1. The van der Waals surface area contributed by atoms with Crippen molar-refractivity contribution in [3.8, 4) is 0 Å². The second-order valence-corrected chi connectivity index (χ2v) is 8.66. The van der Waals surface area contributed by atoms with Crippen LogP contribution in [0.4, 0.5) is 17.1 Å². The molecule has 0 aromatic heterocycles. The van der Waals surface area contributed by atoms with Crippen LogP contribution in [-0.4, -0.2) is 32.3 Å². The molecule has 0 unspecified atom stereocenters. The molecule has 3 N–H and O–H groups in total. The summed E-state index contributed by atoms with van der Waals surface area (Å²) in [5, 5.41) is 16.8. The molecule has 1 amide bonds. The molecule has 0 bridgehead atoms. The molecule has 0 aliphatic heterocycles. The number of nitro benzene ring substituents is 1. The lowest BCUT2D eigenvalue weighted by molar-refractivity contribution is -0.384. The number of rotatable bonds is 9. The Bertz CT molecular complexity index is 1230. The summed E-state index contributed by atoms with van der Waals surface area (Å²) in [7, 11) is -3.87. The van der Waals surface area contributed by atoms with Gasteiger partial charge in [-0.3, -0.25) is 19.6 Å². The fourth-order valence-electron chi connectivity index (χ4n) is 2.79. The lowest BCUT2D eigenvalue weighted by atomic mass is 10.2. The van der Waals surface area contributed by atoms with E-state index in [4.69, 9.17) is 11.6 Å². The highest BCUT2D eigenvalue weighted by Gasteiger charge is 2.17. The number of anilines is 2. The van der Waals surface area contributed by atoms with Crippen LogP contribution in [0.5, 0.6) is 0 Å². The van der Waals surface area contributed by atoms with Gasteiger partial charge in [0.2, 0.25) is 0 Å². The zero-order chi connectivity index (χ0) is 23.1. The number of hydrogen-bond donors (Lipinski definition) is 3. The zero-order valence-corrected chi connectivity index (χ0v) is 18.2. The van der Waals surface area contributed by atoms with Gasteiger partial charge in [0.1, 0.15) is 5.69 Å². The number of nitrogens with one attached hydrogen (secondary N) is 3. The number of hydrogen-bond acceptors (Lipinski definition) is 6. The van der Waals surface area contributed by atoms with Crippen LogP contribution in [0.1, 0.15) is 10.4 Å². The summed E-state index contributed by atoms with van der Waals surface area (Å²) in [4.78, 5) is 22.8. The van der Waals surface area contributed by atoms with E-state index in [-0.39, 0.29) is 39.9 Å². The minimum absolute atomic E-state index is 0.0213. The molecule has 0 heterocycles. The van der Waals surface area contributed by atoms with Crippen molar-refractivity contribution in [1.82, 2.24) is 5.32 Å². The van der Waals surface area contributed by atoms with Crippen LogP contribution in [0.2, 0.25) is 5.02 Å². The molecule has 3 aromatic rings. The topological polar surface area (TPSA) is 130 Å². The van der Waals surface area contributed by atoms with Crippen LogP contribution in [0, 0.1) is 10.1 Å². The fourth-order valence-corrected chi connectivity index (χ4v) is 4.11. The molecule has 32 heavy (non-hydrogen) atoms. The minimum Gasteiger partial charge on any atom is -0.378 e. The van der Waals surface area contributed by atoms with E-state index in [0.717, 1.165) is 0 Å². The summed E-state index contributed by atoms with van der Waals surface area (Å²) in [6.45, 7) is 0.476. The largest absolute Gasteiger partial charge is 0.378 e. The molecule has 0 atom stereocenters.